The Morgan fingerprint density at radius 2 is 1.92 bits per heavy atom. The molecule has 0 saturated heterocycles. The Balaban J connectivity index is 2.21. The summed E-state index contributed by atoms with van der Waals surface area (Å²) >= 11 is 0. The Hall–Kier alpha value is -2.86. The van der Waals surface area contributed by atoms with Crippen LogP contribution in [0.5, 0.6) is 0 Å². The maximum Gasteiger partial charge on any atom is 0.228 e. The summed E-state index contributed by atoms with van der Waals surface area (Å²) in [6.07, 6.45) is 1.98. The third-order valence-electron chi connectivity index (χ3n) is 4.31. The van der Waals surface area contributed by atoms with E-state index in [-0.39, 0.29) is 24.4 Å². The van der Waals surface area contributed by atoms with E-state index in [1.807, 2.05) is 28.7 Å². The number of pyridine rings is 1. The number of H-pyrrole nitrogens is 1. The lowest BCUT2D eigenvalue weighted by molar-refractivity contribution is -0.128. The number of nitrogens with one attached hydrogen (secondary N) is 1. The highest BCUT2D eigenvalue weighted by atomic mass is 16.3. The molecule has 0 aliphatic carbocycles. The van der Waals surface area contributed by atoms with Gasteiger partial charge in [-0.25, -0.2) is 0 Å². The Kier molecular flexibility index (Phi) is 4.46. The van der Waals surface area contributed by atoms with Crippen LogP contribution in [0.25, 0.3) is 16.9 Å². The van der Waals surface area contributed by atoms with E-state index in [9.17, 15) is 14.7 Å². The van der Waals surface area contributed by atoms with Gasteiger partial charge in [-0.3, -0.25) is 9.59 Å². The normalized spacial score (nSPS) is 11.0. The molecule has 6 heteroatoms. The van der Waals surface area contributed by atoms with Gasteiger partial charge in [0.2, 0.25) is 5.91 Å². The molecule has 0 unspecified atom stereocenters. The van der Waals surface area contributed by atoms with Gasteiger partial charge < -0.3 is 19.4 Å². The Morgan fingerprint density at radius 3 is 2.52 bits per heavy atom. The van der Waals surface area contributed by atoms with Crippen LogP contribution in [0, 0.1) is 6.92 Å². The third-order valence-corrected chi connectivity index (χ3v) is 4.31. The van der Waals surface area contributed by atoms with Crippen molar-refractivity contribution in [1.82, 2.24) is 14.3 Å². The number of hydrogen-bond acceptors (Lipinski definition) is 3. The lowest BCUT2D eigenvalue weighted by Crippen LogP contribution is -2.24. The number of carbonyl (C=O) groups is 1. The van der Waals surface area contributed by atoms with Crippen molar-refractivity contribution in [1.29, 1.82) is 0 Å². The van der Waals surface area contributed by atoms with Gasteiger partial charge in [-0.15, -0.1) is 0 Å². The molecular formula is C19H21N3O3. The fourth-order valence-electron chi connectivity index (χ4n) is 2.77. The third kappa shape index (κ3) is 3.21. The second kappa shape index (κ2) is 6.57. The predicted molar refractivity (Wildman–Crippen MR) is 96.5 cm³/mol. The number of fused-ring (bicyclic) bond motifs is 1. The van der Waals surface area contributed by atoms with Crippen LogP contribution in [0.15, 0.2) is 41.3 Å². The summed E-state index contributed by atoms with van der Waals surface area (Å²) in [6.45, 7) is 1.74. The quantitative estimate of drug-likeness (QED) is 0.760. The molecule has 0 saturated carbocycles. The van der Waals surface area contributed by atoms with E-state index in [4.69, 9.17) is 0 Å². The monoisotopic (exact) mass is 339 g/mol. The molecule has 2 N–H and O–H groups in total. The van der Waals surface area contributed by atoms with Crippen molar-refractivity contribution >= 4 is 11.6 Å². The summed E-state index contributed by atoms with van der Waals surface area (Å²) in [7, 11) is 3.44. The second-order valence-electron chi connectivity index (χ2n) is 6.34. The maximum atomic E-state index is 12.3. The first-order valence-corrected chi connectivity index (χ1v) is 8.05. The van der Waals surface area contributed by atoms with Crippen LogP contribution in [0.2, 0.25) is 0 Å². The number of rotatable bonds is 4. The number of hydrogen-bond donors (Lipinski definition) is 2. The van der Waals surface area contributed by atoms with Crippen LogP contribution < -0.4 is 5.43 Å². The number of carbonyl (C=O) groups excluding carboxylic acids is 1. The number of aliphatic hydroxyl groups is 1. The molecule has 1 amide bonds. The molecule has 25 heavy (non-hydrogen) atoms. The van der Waals surface area contributed by atoms with Crippen LogP contribution in [0.3, 0.4) is 0 Å². The summed E-state index contributed by atoms with van der Waals surface area (Å²) in [5, 5.41) is 9.21. The molecule has 3 aromatic rings. The van der Waals surface area contributed by atoms with Crippen LogP contribution in [-0.4, -0.2) is 39.4 Å². The number of nitrogens with zero attached hydrogens (tertiary/aromatic N) is 2. The molecule has 0 aliphatic rings. The highest BCUT2D eigenvalue weighted by molar-refractivity contribution is 5.81. The van der Waals surface area contributed by atoms with Crippen LogP contribution in [-0.2, 0) is 17.8 Å². The molecule has 0 radical (unpaired) electrons. The number of benzene rings is 1. The minimum absolute atomic E-state index is 0.0214. The number of aromatic amines is 1. The molecule has 2 aromatic heterocycles. The van der Waals surface area contributed by atoms with Crippen LogP contribution >= 0.6 is 0 Å². The van der Waals surface area contributed by atoms with E-state index in [0.717, 1.165) is 22.5 Å². The fraction of sp³-hybridized carbons (Fsp3) is 0.263. The van der Waals surface area contributed by atoms with Gasteiger partial charge in [-0.2, -0.15) is 0 Å². The first-order chi connectivity index (χ1) is 11.9. The molecule has 0 aliphatic heterocycles. The summed E-state index contributed by atoms with van der Waals surface area (Å²) in [5.41, 5.74) is 4.53. The Bertz CT molecular complexity index is 982. The number of aryl methyl sites for hydroxylation is 1. The molecule has 2 heterocycles. The average Bonchev–Trinajstić information content (AvgIpc) is 2.93. The van der Waals surface area contributed by atoms with Gasteiger partial charge in [0.05, 0.1) is 24.4 Å². The van der Waals surface area contributed by atoms with Crippen molar-refractivity contribution < 1.29 is 9.90 Å². The van der Waals surface area contributed by atoms with Crippen molar-refractivity contribution in [2.45, 2.75) is 20.0 Å². The topological polar surface area (TPSA) is 77.8 Å². The summed E-state index contributed by atoms with van der Waals surface area (Å²) in [5.74, 6) is -0.0227. The van der Waals surface area contributed by atoms with Gasteiger partial charge in [0.25, 0.3) is 0 Å². The smallest absolute Gasteiger partial charge is 0.228 e. The van der Waals surface area contributed by atoms with Crippen molar-refractivity contribution in [2.24, 2.45) is 0 Å². The van der Waals surface area contributed by atoms with Gasteiger partial charge in [-0.1, -0.05) is 24.3 Å². The minimum atomic E-state index is -0.0473. The van der Waals surface area contributed by atoms with Gasteiger partial charge in [0.1, 0.15) is 5.65 Å². The molecule has 0 bridgehead atoms. The second-order valence-corrected chi connectivity index (χ2v) is 6.34. The molecule has 0 atom stereocenters. The average molecular weight is 339 g/mol. The SMILES string of the molecule is Cc1cn2c(CC(=O)N(C)C)c(-c3ccc(CO)cc3)[nH]c2cc1=O. The van der Waals surface area contributed by atoms with E-state index in [1.54, 1.807) is 38.2 Å². The number of aliphatic hydroxyl groups excluding tert-OH is 1. The zero-order chi connectivity index (χ0) is 18.1. The van der Waals surface area contributed by atoms with Gasteiger partial charge in [0, 0.05) is 31.9 Å². The van der Waals surface area contributed by atoms with E-state index in [0.29, 0.717) is 11.2 Å². The highest BCUT2D eigenvalue weighted by Gasteiger charge is 2.17. The van der Waals surface area contributed by atoms with Crippen LogP contribution in [0.1, 0.15) is 16.8 Å². The lowest BCUT2D eigenvalue weighted by Gasteiger charge is -2.12. The molecular weight excluding hydrogens is 318 g/mol. The van der Waals surface area contributed by atoms with Crippen LogP contribution in [0.4, 0.5) is 0 Å². The number of amides is 1. The molecule has 1 aromatic carbocycles. The van der Waals surface area contributed by atoms with Gasteiger partial charge in [0.15, 0.2) is 5.43 Å². The maximum absolute atomic E-state index is 12.3. The first kappa shape index (κ1) is 17.0. The van der Waals surface area contributed by atoms with Crippen molar-refractivity contribution in [3.05, 3.63) is 63.6 Å². The molecule has 0 fully saturated rings. The minimum Gasteiger partial charge on any atom is -0.392 e. The predicted octanol–water partition coefficient (Wildman–Crippen LogP) is 1.73. The Labute approximate surface area is 145 Å². The zero-order valence-electron chi connectivity index (χ0n) is 14.5. The largest absolute Gasteiger partial charge is 0.392 e. The number of aromatic nitrogens is 2. The van der Waals surface area contributed by atoms with E-state index in [2.05, 4.69) is 4.98 Å². The molecule has 3 rings (SSSR count). The zero-order valence-corrected chi connectivity index (χ0v) is 14.5. The molecule has 6 nitrogen and oxygen atoms in total. The fourth-order valence-corrected chi connectivity index (χ4v) is 2.77. The van der Waals surface area contributed by atoms with E-state index < -0.39 is 0 Å². The van der Waals surface area contributed by atoms with Gasteiger partial charge in [-0.05, 0) is 18.1 Å². The Morgan fingerprint density at radius 1 is 1.24 bits per heavy atom. The van der Waals surface area contributed by atoms with E-state index in [1.165, 1.54) is 0 Å². The standard InChI is InChI=1S/C19H21N3O3/c1-12-10-22-15(8-18(25)21(2)3)19(20-17(22)9-16(12)24)14-6-4-13(11-23)5-7-14/h4-7,9-10,20,23H,8,11H2,1-3H3. The van der Waals surface area contributed by atoms with Crippen molar-refractivity contribution in [3.8, 4) is 11.3 Å². The first-order valence-electron chi connectivity index (χ1n) is 8.05. The lowest BCUT2D eigenvalue weighted by atomic mass is 10.1. The number of likely N-dealkylation sites (N-methyl/N-ethyl adjacent to an activating group) is 1. The van der Waals surface area contributed by atoms with E-state index >= 15 is 0 Å². The molecule has 130 valence electrons. The van der Waals surface area contributed by atoms with Crippen molar-refractivity contribution in [3.63, 3.8) is 0 Å². The summed E-state index contributed by atoms with van der Waals surface area (Å²) in [6, 6.07) is 9.02. The molecule has 0 spiro atoms. The van der Waals surface area contributed by atoms with Crippen molar-refractivity contribution in [2.75, 3.05) is 14.1 Å². The number of imidazole rings is 1. The summed E-state index contributed by atoms with van der Waals surface area (Å²) in [4.78, 5) is 29.1. The summed E-state index contributed by atoms with van der Waals surface area (Å²) < 4.78 is 1.87. The van der Waals surface area contributed by atoms with Gasteiger partial charge >= 0.3 is 0 Å². The highest BCUT2D eigenvalue weighted by Crippen LogP contribution is 2.25.